The number of nitrogens with two attached hydrogens (primary N) is 1. The van der Waals surface area contributed by atoms with Crippen molar-refractivity contribution < 1.29 is 0 Å². The van der Waals surface area contributed by atoms with Gasteiger partial charge in [0.05, 0.1) is 11.4 Å². The van der Waals surface area contributed by atoms with E-state index in [2.05, 4.69) is 0 Å². The fraction of sp³-hybridized carbons (Fsp3) is 0.111. The van der Waals surface area contributed by atoms with Crippen molar-refractivity contribution >= 4 is 22.7 Å². The minimum Gasteiger partial charge on any atom is -0.399 e. The summed E-state index contributed by atoms with van der Waals surface area (Å²) < 4.78 is 0. The second kappa shape index (κ2) is 6.18. The Bertz CT molecular complexity index is 688. The van der Waals surface area contributed by atoms with Crippen LogP contribution in [0.2, 0.25) is 0 Å². The lowest BCUT2D eigenvalue weighted by Gasteiger charge is -2.15. The highest BCUT2D eigenvalue weighted by Crippen LogP contribution is 2.23. The topological polar surface area (TPSA) is 73.7 Å². The summed E-state index contributed by atoms with van der Waals surface area (Å²) in [4.78, 5) is 0. The van der Waals surface area contributed by atoms with Crippen LogP contribution in [0.15, 0.2) is 54.6 Å². The number of allylic oxidation sites excluding steroid dienone is 2. The summed E-state index contributed by atoms with van der Waals surface area (Å²) in [6.45, 7) is 4.01. The number of hydrogen-bond acceptors (Lipinski definition) is 3. The predicted molar refractivity (Wildman–Crippen MR) is 90.2 cm³/mol. The average Bonchev–Trinajstić information content (AvgIpc) is 2.49. The fourth-order valence-electron chi connectivity index (χ4n) is 2.12. The monoisotopic (exact) mass is 277 g/mol. The summed E-state index contributed by atoms with van der Waals surface area (Å²) in [6, 6.07) is 15.5. The van der Waals surface area contributed by atoms with Gasteiger partial charge in [-0.1, -0.05) is 42.0 Å². The molecule has 3 rings (SSSR count). The Morgan fingerprint density at radius 1 is 0.810 bits per heavy atom. The molecule has 0 fully saturated rings. The summed E-state index contributed by atoms with van der Waals surface area (Å²) in [5.41, 5.74) is 11.1. The molecule has 0 radical (unpaired) electrons. The molecule has 0 amide bonds. The second-order valence-electron chi connectivity index (χ2n) is 5.07. The van der Waals surface area contributed by atoms with Gasteiger partial charge in [-0.25, -0.2) is 0 Å². The Morgan fingerprint density at radius 3 is 1.95 bits per heavy atom. The first-order valence-electron chi connectivity index (χ1n) is 6.76. The highest BCUT2D eigenvalue weighted by molar-refractivity contribution is 6.52. The van der Waals surface area contributed by atoms with Crippen LogP contribution < -0.4 is 5.73 Å². The van der Waals surface area contributed by atoms with E-state index >= 15 is 0 Å². The molecule has 0 heterocycles. The summed E-state index contributed by atoms with van der Waals surface area (Å²) >= 11 is 0. The third kappa shape index (κ3) is 3.45. The molecule has 1 aliphatic rings. The zero-order chi connectivity index (χ0) is 15.4. The van der Waals surface area contributed by atoms with E-state index in [1.54, 1.807) is 6.08 Å². The first-order chi connectivity index (χ1) is 9.99. The molecule has 0 unspecified atom stereocenters. The van der Waals surface area contributed by atoms with Gasteiger partial charge in [-0.15, -0.1) is 0 Å². The zero-order valence-corrected chi connectivity index (χ0v) is 12.3. The van der Waals surface area contributed by atoms with Gasteiger partial charge in [0.25, 0.3) is 0 Å². The molecule has 0 aliphatic heterocycles. The average molecular weight is 277 g/mol. The lowest BCUT2D eigenvalue weighted by Crippen LogP contribution is -2.17. The van der Waals surface area contributed by atoms with Gasteiger partial charge in [-0.2, -0.15) is 0 Å². The van der Waals surface area contributed by atoms with Crippen LogP contribution in [0.1, 0.15) is 23.6 Å². The highest BCUT2D eigenvalue weighted by Gasteiger charge is 2.16. The molecule has 0 saturated heterocycles. The number of rotatable bonds is 0. The van der Waals surface area contributed by atoms with Crippen LogP contribution in [0.4, 0.5) is 5.69 Å². The van der Waals surface area contributed by atoms with Crippen LogP contribution in [-0.4, -0.2) is 11.4 Å². The predicted octanol–water partition coefficient (Wildman–Crippen LogP) is 4.07. The standard InChI is InChI=1S/C11H10N2.C7H9N/c1-7-6-10(12)11(13)9-5-3-2-4-8(7)9;1-6-2-4-7(8)5-3-6/h2-6,12-13H,1H3;2-5H,8H2,1H3. The van der Waals surface area contributed by atoms with Crippen molar-refractivity contribution in [3.63, 3.8) is 0 Å². The minimum absolute atomic E-state index is 0.302. The summed E-state index contributed by atoms with van der Waals surface area (Å²) in [6.07, 6.45) is 1.74. The number of hydrogen-bond donors (Lipinski definition) is 3. The van der Waals surface area contributed by atoms with E-state index in [1.807, 2.05) is 62.4 Å². The number of anilines is 1. The fourth-order valence-corrected chi connectivity index (χ4v) is 2.12. The van der Waals surface area contributed by atoms with E-state index in [4.69, 9.17) is 16.6 Å². The number of nitrogen functional groups attached to an aromatic ring is 1. The number of nitrogens with one attached hydrogen (secondary N) is 2. The molecular weight excluding hydrogens is 258 g/mol. The Balaban J connectivity index is 0.000000173. The largest absolute Gasteiger partial charge is 0.399 e. The maximum atomic E-state index is 7.70. The van der Waals surface area contributed by atoms with Gasteiger partial charge in [-0.3, -0.25) is 10.8 Å². The molecule has 0 spiro atoms. The first kappa shape index (κ1) is 14.7. The van der Waals surface area contributed by atoms with Crippen LogP contribution >= 0.6 is 0 Å². The molecule has 0 saturated carbocycles. The normalized spacial score (nSPS) is 13.0. The van der Waals surface area contributed by atoms with Crippen molar-refractivity contribution in [3.05, 3.63) is 71.3 Å². The van der Waals surface area contributed by atoms with Gasteiger partial charge >= 0.3 is 0 Å². The van der Waals surface area contributed by atoms with Gasteiger partial charge in [0.15, 0.2) is 0 Å². The summed E-state index contributed by atoms with van der Waals surface area (Å²) in [5.74, 6) is 0. The lowest BCUT2D eigenvalue weighted by atomic mass is 9.89. The number of aryl methyl sites for hydroxylation is 1. The van der Waals surface area contributed by atoms with Gasteiger partial charge in [0.2, 0.25) is 0 Å². The van der Waals surface area contributed by atoms with Gasteiger partial charge in [0.1, 0.15) is 0 Å². The molecule has 0 bridgehead atoms. The zero-order valence-electron chi connectivity index (χ0n) is 12.3. The van der Waals surface area contributed by atoms with Gasteiger partial charge < -0.3 is 5.73 Å². The van der Waals surface area contributed by atoms with E-state index in [0.717, 1.165) is 22.4 Å². The smallest absolute Gasteiger partial charge is 0.0867 e. The maximum Gasteiger partial charge on any atom is 0.0867 e. The van der Waals surface area contributed by atoms with Crippen molar-refractivity contribution in [2.24, 2.45) is 0 Å². The minimum atomic E-state index is 0.302. The lowest BCUT2D eigenvalue weighted by molar-refractivity contribution is 1.43. The van der Waals surface area contributed by atoms with Crippen molar-refractivity contribution in [2.75, 3.05) is 5.73 Å². The van der Waals surface area contributed by atoms with Crippen LogP contribution in [0.3, 0.4) is 0 Å². The van der Waals surface area contributed by atoms with E-state index in [1.165, 1.54) is 5.56 Å². The van der Waals surface area contributed by atoms with Crippen LogP contribution in [0, 0.1) is 17.7 Å². The number of fused-ring (bicyclic) bond motifs is 1. The summed E-state index contributed by atoms with van der Waals surface area (Å²) in [7, 11) is 0. The molecule has 0 atom stereocenters. The third-order valence-corrected chi connectivity index (χ3v) is 3.33. The Hall–Kier alpha value is -2.68. The van der Waals surface area contributed by atoms with Crippen LogP contribution in [0.5, 0.6) is 0 Å². The van der Waals surface area contributed by atoms with Crippen molar-refractivity contribution in [3.8, 4) is 0 Å². The highest BCUT2D eigenvalue weighted by atomic mass is 14.5. The first-order valence-corrected chi connectivity index (χ1v) is 6.76. The Kier molecular flexibility index (Phi) is 4.33. The molecule has 0 aromatic heterocycles. The molecule has 4 N–H and O–H groups in total. The molecule has 1 aliphatic carbocycles. The number of benzene rings is 2. The maximum absolute atomic E-state index is 7.70. The second-order valence-corrected chi connectivity index (χ2v) is 5.07. The van der Waals surface area contributed by atoms with E-state index in [-0.39, 0.29) is 0 Å². The van der Waals surface area contributed by atoms with E-state index < -0.39 is 0 Å². The van der Waals surface area contributed by atoms with Crippen molar-refractivity contribution in [1.82, 2.24) is 0 Å². The quantitative estimate of drug-likeness (QED) is 0.624. The molecule has 3 nitrogen and oxygen atoms in total. The van der Waals surface area contributed by atoms with Crippen LogP contribution in [0.25, 0.3) is 5.57 Å². The Labute approximate surface area is 125 Å². The molecule has 2 aromatic rings. The summed E-state index contributed by atoms with van der Waals surface area (Å²) in [5, 5.41) is 15.3. The third-order valence-electron chi connectivity index (χ3n) is 3.33. The molecule has 3 heteroatoms. The van der Waals surface area contributed by atoms with Crippen molar-refractivity contribution in [1.29, 1.82) is 10.8 Å². The van der Waals surface area contributed by atoms with Crippen LogP contribution in [-0.2, 0) is 0 Å². The van der Waals surface area contributed by atoms with Crippen molar-refractivity contribution in [2.45, 2.75) is 13.8 Å². The molecule has 106 valence electrons. The SMILES string of the molecule is CC1=CC(=N)C(=N)c2ccccc21.Cc1ccc(N)cc1. The molecule has 2 aromatic carbocycles. The molecule has 21 heavy (non-hydrogen) atoms. The van der Waals surface area contributed by atoms with E-state index in [0.29, 0.717) is 11.4 Å². The molecular formula is C18H19N3. The van der Waals surface area contributed by atoms with Gasteiger partial charge in [0, 0.05) is 11.3 Å². The van der Waals surface area contributed by atoms with Gasteiger partial charge in [-0.05, 0) is 43.2 Å². The Morgan fingerprint density at radius 2 is 1.38 bits per heavy atom. The van der Waals surface area contributed by atoms with E-state index in [9.17, 15) is 0 Å².